The fourth-order valence-corrected chi connectivity index (χ4v) is 5.12. The molecule has 2 heterocycles. The molecule has 1 aliphatic carbocycles. The summed E-state index contributed by atoms with van der Waals surface area (Å²) in [5.41, 5.74) is 3.75. The van der Waals surface area contributed by atoms with Gasteiger partial charge in [0, 0.05) is 15.5 Å². The van der Waals surface area contributed by atoms with Gasteiger partial charge in [0.25, 0.3) is 11.5 Å². The van der Waals surface area contributed by atoms with Gasteiger partial charge in [0.2, 0.25) is 0 Å². The van der Waals surface area contributed by atoms with E-state index in [1.807, 2.05) is 0 Å². The Labute approximate surface area is 180 Å². The number of carbonyl (C=O) groups is 1. The van der Waals surface area contributed by atoms with Crippen molar-refractivity contribution in [3.8, 4) is 0 Å². The fourth-order valence-electron chi connectivity index (χ4n) is 3.35. The van der Waals surface area contributed by atoms with Crippen LogP contribution in [0.25, 0.3) is 10.2 Å². The molecule has 0 saturated heterocycles. The van der Waals surface area contributed by atoms with Crippen LogP contribution in [0.5, 0.6) is 0 Å². The van der Waals surface area contributed by atoms with Crippen molar-refractivity contribution in [2.75, 3.05) is 0 Å². The zero-order valence-corrected chi connectivity index (χ0v) is 17.8. The van der Waals surface area contributed by atoms with Crippen LogP contribution in [0, 0.1) is 5.92 Å². The van der Waals surface area contributed by atoms with E-state index in [1.165, 1.54) is 22.4 Å². The number of hydrogen-bond donors (Lipinski definition) is 1. The Morgan fingerprint density at radius 3 is 3.07 bits per heavy atom. The van der Waals surface area contributed by atoms with Gasteiger partial charge < -0.3 is 0 Å². The maximum Gasteiger partial charge on any atom is 0.279 e. The summed E-state index contributed by atoms with van der Waals surface area (Å²) in [6.45, 7) is 1.94. The third kappa shape index (κ3) is 4.19. The van der Waals surface area contributed by atoms with Crippen LogP contribution >= 0.6 is 34.5 Å². The van der Waals surface area contributed by atoms with E-state index >= 15 is 0 Å². The molecule has 1 atom stereocenters. The van der Waals surface area contributed by atoms with Crippen LogP contribution in [0.15, 0.2) is 28.1 Å². The molecule has 1 aromatic carbocycles. The van der Waals surface area contributed by atoms with Crippen molar-refractivity contribution >= 4 is 56.9 Å². The highest BCUT2D eigenvalue weighted by Gasteiger charge is 2.24. The smallest absolute Gasteiger partial charge is 0.271 e. The molecule has 0 spiro atoms. The van der Waals surface area contributed by atoms with Gasteiger partial charge in [0.1, 0.15) is 6.54 Å². The minimum absolute atomic E-state index is 0.269. The molecule has 150 valence electrons. The molecule has 0 saturated carbocycles. The van der Waals surface area contributed by atoms with E-state index in [1.54, 1.807) is 18.2 Å². The zero-order chi connectivity index (χ0) is 20.5. The van der Waals surface area contributed by atoms with Crippen molar-refractivity contribution in [2.24, 2.45) is 11.0 Å². The SMILES string of the molecule is CC1CCc2c(sc3nnn(CC(=O)N/N=C\c4ccc(Cl)cc4Cl)c(=O)c23)C1. The first-order chi connectivity index (χ1) is 13.9. The molecule has 0 bridgehead atoms. The largest absolute Gasteiger partial charge is 0.279 e. The number of halogens is 2. The van der Waals surface area contributed by atoms with E-state index in [4.69, 9.17) is 23.2 Å². The van der Waals surface area contributed by atoms with Crippen molar-refractivity contribution in [3.63, 3.8) is 0 Å². The Hall–Kier alpha value is -2.29. The topological polar surface area (TPSA) is 89.2 Å². The maximum atomic E-state index is 12.9. The average Bonchev–Trinajstić information content (AvgIpc) is 3.04. The lowest BCUT2D eigenvalue weighted by molar-refractivity contribution is -0.121. The van der Waals surface area contributed by atoms with Gasteiger partial charge in [0.05, 0.1) is 16.6 Å². The fraction of sp³-hybridized carbons (Fsp3) is 0.316. The highest BCUT2D eigenvalue weighted by molar-refractivity contribution is 7.18. The number of nitrogens with zero attached hydrogens (tertiary/aromatic N) is 4. The van der Waals surface area contributed by atoms with E-state index in [2.05, 4.69) is 27.8 Å². The van der Waals surface area contributed by atoms with Gasteiger partial charge in [-0.05, 0) is 42.9 Å². The highest BCUT2D eigenvalue weighted by Crippen LogP contribution is 2.35. The molecular weight excluding hydrogens is 433 g/mol. The lowest BCUT2D eigenvalue weighted by Gasteiger charge is -2.17. The highest BCUT2D eigenvalue weighted by atomic mass is 35.5. The van der Waals surface area contributed by atoms with Crippen molar-refractivity contribution in [2.45, 2.75) is 32.7 Å². The van der Waals surface area contributed by atoms with Crippen LogP contribution in [-0.4, -0.2) is 27.1 Å². The molecule has 10 heteroatoms. The first-order valence-electron chi connectivity index (χ1n) is 9.07. The number of rotatable bonds is 4. The molecule has 3 aromatic rings. The predicted octanol–water partition coefficient (Wildman–Crippen LogP) is 3.43. The number of aryl methyl sites for hydroxylation is 1. The summed E-state index contributed by atoms with van der Waals surface area (Å²) in [7, 11) is 0. The number of hydrazone groups is 1. The van der Waals surface area contributed by atoms with Crippen LogP contribution in [-0.2, 0) is 24.2 Å². The summed E-state index contributed by atoms with van der Waals surface area (Å²) < 4.78 is 1.08. The predicted molar refractivity (Wildman–Crippen MR) is 115 cm³/mol. The number of hydrogen-bond acceptors (Lipinski definition) is 6. The van der Waals surface area contributed by atoms with Crippen molar-refractivity contribution < 1.29 is 4.79 Å². The minimum Gasteiger partial charge on any atom is -0.271 e. The number of carbonyl (C=O) groups excluding carboxylic acids is 1. The summed E-state index contributed by atoms with van der Waals surface area (Å²) in [6.07, 6.45) is 4.27. The van der Waals surface area contributed by atoms with E-state index in [9.17, 15) is 9.59 Å². The number of amides is 1. The van der Waals surface area contributed by atoms with Crippen molar-refractivity contribution in [1.29, 1.82) is 0 Å². The second-order valence-corrected chi connectivity index (χ2v) is 8.97. The molecule has 0 aliphatic heterocycles. The molecular formula is C19H17Cl2N5O2S. The van der Waals surface area contributed by atoms with E-state index in [0.717, 1.165) is 29.5 Å². The summed E-state index contributed by atoms with van der Waals surface area (Å²) >= 11 is 13.4. The second-order valence-electron chi connectivity index (χ2n) is 7.04. The van der Waals surface area contributed by atoms with Gasteiger partial charge in [-0.1, -0.05) is 41.4 Å². The van der Waals surface area contributed by atoms with Crippen molar-refractivity contribution in [3.05, 3.63) is 54.6 Å². The van der Waals surface area contributed by atoms with Crippen LogP contribution in [0.1, 0.15) is 29.3 Å². The molecule has 7 nitrogen and oxygen atoms in total. The number of aromatic nitrogens is 3. The number of thiophene rings is 1. The number of nitrogens with one attached hydrogen (secondary N) is 1. The van der Waals surface area contributed by atoms with Gasteiger partial charge in [-0.3, -0.25) is 9.59 Å². The van der Waals surface area contributed by atoms with Crippen molar-refractivity contribution in [1.82, 2.24) is 20.4 Å². The Balaban J connectivity index is 1.50. The molecule has 0 fully saturated rings. The van der Waals surface area contributed by atoms with Gasteiger partial charge in [-0.15, -0.1) is 16.4 Å². The van der Waals surface area contributed by atoms with Crippen LogP contribution in [0.2, 0.25) is 10.0 Å². The lowest BCUT2D eigenvalue weighted by atomic mass is 9.89. The summed E-state index contributed by atoms with van der Waals surface area (Å²) in [6, 6.07) is 4.94. The molecule has 1 N–H and O–H groups in total. The Bertz CT molecular complexity index is 1190. The van der Waals surface area contributed by atoms with Crippen LogP contribution in [0.4, 0.5) is 0 Å². The van der Waals surface area contributed by atoms with E-state index in [0.29, 0.717) is 31.7 Å². The third-order valence-electron chi connectivity index (χ3n) is 4.83. The lowest BCUT2D eigenvalue weighted by Crippen LogP contribution is -2.32. The Kier molecular flexibility index (Phi) is 5.67. The minimum atomic E-state index is -0.486. The van der Waals surface area contributed by atoms with Gasteiger partial charge in [-0.25, -0.2) is 10.1 Å². The maximum absolute atomic E-state index is 12.9. The van der Waals surface area contributed by atoms with E-state index in [-0.39, 0.29) is 12.1 Å². The first kappa shape index (κ1) is 20.0. The molecule has 1 amide bonds. The summed E-state index contributed by atoms with van der Waals surface area (Å²) in [4.78, 5) is 26.9. The van der Waals surface area contributed by atoms with Gasteiger partial charge in [0.15, 0.2) is 4.83 Å². The molecule has 4 rings (SSSR count). The second kappa shape index (κ2) is 8.22. The molecule has 1 aliphatic rings. The standard InChI is InChI=1S/C19H17Cl2N5O2S/c1-10-2-5-13-15(6-10)29-18-17(13)19(28)26(25-24-18)9-16(27)23-22-8-11-3-4-12(20)7-14(11)21/h3-4,7-8,10H,2,5-6,9H2,1H3,(H,23,27)/b22-8-. The van der Waals surface area contributed by atoms with Crippen LogP contribution < -0.4 is 11.0 Å². The quantitative estimate of drug-likeness (QED) is 0.487. The molecule has 29 heavy (non-hydrogen) atoms. The Morgan fingerprint density at radius 2 is 2.28 bits per heavy atom. The monoisotopic (exact) mass is 449 g/mol. The first-order valence-corrected chi connectivity index (χ1v) is 10.6. The average molecular weight is 450 g/mol. The summed E-state index contributed by atoms with van der Waals surface area (Å²) in [5, 5.41) is 13.5. The third-order valence-corrected chi connectivity index (χ3v) is 6.53. The van der Waals surface area contributed by atoms with E-state index < -0.39 is 5.91 Å². The zero-order valence-electron chi connectivity index (χ0n) is 15.5. The number of fused-ring (bicyclic) bond motifs is 3. The number of benzene rings is 1. The Morgan fingerprint density at radius 1 is 1.45 bits per heavy atom. The van der Waals surface area contributed by atoms with Gasteiger partial charge in [-0.2, -0.15) is 5.10 Å². The normalized spacial score (nSPS) is 16.3. The molecule has 0 radical (unpaired) electrons. The molecule has 2 aromatic heterocycles. The van der Waals surface area contributed by atoms with Gasteiger partial charge >= 0.3 is 0 Å². The van der Waals surface area contributed by atoms with Crippen LogP contribution in [0.3, 0.4) is 0 Å². The molecule has 1 unspecified atom stereocenters. The summed E-state index contributed by atoms with van der Waals surface area (Å²) in [5.74, 6) is 0.114.